The number of fused-ring (bicyclic) bond motifs is 1. The molecule has 1 aliphatic rings. The highest BCUT2D eigenvalue weighted by molar-refractivity contribution is 7.92. The lowest BCUT2D eigenvalue weighted by atomic mass is 10.0. The number of rotatable bonds is 9. The van der Waals surface area contributed by atoms with Crippen LogP contribution in [-0.4, -0.2) is 39.2 Å². The third-order valence-electron chi connectivity index (χ3n) is 7.20. The van der Waals surface area contributed by atoms with Gasteiger partial charge in [0.05, 0.1) is 17.2 Å². The molecule has 8 heteroatoms. The van der Waals surface area contributed by atoms with Crippen molar-refractivity contribution in [3.63, 3.8) is 0 Å². The van der Waals surface area contributed by atoms with Gasteiger partial charge in [-0.2, -0.15) is 4.98 Å². The number of hydrogen-bond acceptors (Lipinski definition) is 5. The molecule has 2 heterocycles. The van der Waals surface area contributed by atoms with Crippen LogP contribution < -0.4 is 9.62 Å². The van der Waals surface area contributed by atoms with Crippen molar-refractivity contribution < 1.29 is 17.6 Å². The minimum absolute atomic E-state index is 0.198. The van der Waals surface area contributed by atoms with E-state index in [1.807, 2.05) is 55.5 Å². The Bertz CT molecular complexity index is 1600. The van der Waals surface area contributed by atoms with E-state index in [0.29, 0.717) is 28.9 Å². The number of aryl methyl sites for hydroxylation is 2. The lowest BCUT2D eigenvalue weighted by Crippen LogP contribution is -2.33. The number of nitrogens with one attached hydrogen (secondary N) is 1. The molecule has 1 N–H and O–H groups in total. The highest BCUT2D eigenvalue weighted by Crippen LogP contribution is 2.46. The summed E-state index contributed by atoms with van der Waals surface area (Å²) in [6, 6.07) is 17.8. The Labute approximate surface area is 223 Å². The molecule has 0 atom stereocenters. The fraction of sp³-hybridized carbons (Fsp3) is 0.333. The Morgan fingerprint density at radius 1 is 1.11 bits per heavy atom. The van der Waals surface area contributed by atoms with Crippen LogP contribution in [0.4, 0.5) is 5.82 Å². The van der Waals surface area contributed by atoms with Crippen LogP contribution in [0.25, 0.3) is 22.4 Å². The molecule has 0 spiro atoms. The number of nitrogens with zero attached hydrogens (tertiary/aromatic N) is 2. The van der Waals surface area contributed by atoms with E-state index in [-0.39, 0.29) is 24.1 Å². The predicted molar refractivity (Wildman–Crippen MR) is 151 cm³/mol. The van der Waals surface area contributed by atoms with E-state index in [0.717, 1.165) is 41.5 Å². The molecule has 38 heavy (non-hydrogen) atoms. The van der Waals surface area contributed by atoms with E-state index in [4.69, 9.17) is 9.40 Å². The van der Waals surface area contributed by atoms with Crippen LogP contribution in [0.15, 0.2) is 59.0 Å². The predicted octanol–water partition coefficient (Wildman–Crippen LogP) is 5.61. The highest BCUT2D eigenvalue weighted by Gasteiger charge is 2.34. The Morgan fingerprint density at radius 2 is 1.79 bits per heavy atom. The standard InChI is InChI=1S/C30H33N3O4S/c1-5-20-8-6-7-9-21(20)16-17-33(38(4,35)36)28-24(22-14-15-22)18-25-26(29(34)31-3)27(37-30(25)32-28)23-12-10-19(2)11-13-23/h6-13,18,22H,5,14-17H2,1-4H3,(H,31,34). The van der Waals surface area contributed by atoms with Crippen molar-refractivity contribution in [2.24, 2.45) is 0 Å². The first-order valence-corrected chi connectivity index (χ1v) is 14.9. The lowest BCUT2D eigenvalue weighted by Gasteiger charge is -2.24. The number of anilines is 1. The van der Waals surface area contributed by atoms with Crippen LogP contribution in [0.5, 0.6) is 0 Å². The topological polar surface area (TPSA) is 92.5 Å². The van der Waals surface area contributed by atoms with Gasteiger partial charge >= 0.3 is 0 Å². The molecule has 0 bridgehead atoms. The maximum absolute atomic E-state index is 13.1. The normalized spacial score (nSPS) is 13.6. The first-order chi connectivity index (χ1) is 18.2. The van der Waals surface area contributed by atoms with Gasteiger partial charge in [0.2, 0.25) is 15.7 Å². The second kappa shape index (κ2) is 10.3. The second-order valence-corrected chi connectivity index (χ2v) is 11.9. The molecule has 1 saturated carbocycles. The Hall–Kier alpha value is -3.65. The molecular formula is C30H33N3O4S. The summed E-state index contributed by atoms with van der Waals surface area (Å²) in [6.07, 6.45) is 4.57. The number of benzene rings is 2. The number of hydrogen-bond donors (Lipinski definition) is 1. The van der Waals surface area contributed by atoms with Gasteiger partial charge in [0.1, 0.15) is 11.6 Å². The van der Waals surface area contributed by atoms with Crippen molar-refractivity contribution in [1.29, 1.82) is 0 Å². The van der Waals surface area contributed by atoms with Gasteiger partial charge in [-0.3, -0.25) is 9.10 Å². The van der Waals surface area contributed by atoms with Gasteiger partial charge in [0.15, 0.2) is 0 Å². The molecule has 1 fully saturated rings. The third-order valence-corrected chi connectivity index (χ3v) is 8.35. The molecule has 0 unspecified atom stereocenters. The van der Waals surface area contributed by atoms with Gasteiger partial charge < -0.3 is 9.73 Å². The average Bonchev–Trinajstić information content (AvgIpc) is 3.68. The van der Waals surface area contributed by atoms with Gasteiger partial charge in [-0.1, -0.05) is 61.0 Å². The van der Waals surface area contributed by atoms with Crippen LogP contribution >= 0.6 is 0 Å². The summed E-state index contributed by atoms with van der Waals surface area (Å²) in [5, 5.41) is 3.32. The molecule has 198 valence electrons. The lowest BCUT2D eigenvalue weighted by molar-refractivity contribution is 0.0964. The van der Waals surface area contributed by atoms with E-state index < -0.39 is 10.0 Å². The van der Waals surface area contributed by atoms with Crippen molar-refractivity contribution in [1.82, 2.24) is 10.3 Å². The van der Waals surface area contributed by atoms with Gasteiger partial charge in [-0.05, 0) is 61.3 Å². The molecule has 7 nitrogen and oxygen atoms in total. The quantitative estimate of drug-likeness (QED) is 0.303. The summed E-state index contributed by atoms with van der Waals surface area (Å²) >= 11 is 0. The third kappa shape index (κ3) is 5.05. The van der Waals surface area contributed by atoms with Crippen LogP contribution in [0.1, 0.15) is 58.3 Å². The zero-order valence-electron chi connectivity index (χ0n) is 22.2. The smallest absolute Gasteiger partial charge is 0.255 e. The molecule has 1 amide bonds. The minimum atomic E-state index is -3.64. The SMILES string of the molecule is CCc1ccccc1CCN(c1nc2oc(-c3ccc(C)cc3)c(C(=O)NC)c2cc1C1CC1)S(C)(=O)=O. The van der Waals surface area contributed by atoms with Gasteiger partial charge in [-0.25, -0.2) is 8.42 Å². The van der Waals surface area contributed by atoms with Crippen molar-refractivity contribution in [3.8, 4) is 11.3 Å². The Balaban J connectivity index is 1.66. The van der Waals surface area contributed by atoms with Crippen LogP contribution in [0, 0.1) is 6.92 Å². The van der Waals surface area contributed by atoms with Crippen LogP contribution in [-0.2, 0) is 22.9 Å². The van der Waals surface area contributed by atoms with Crippen molar-refractivity contribution in [2.75, 3.05) is 24.2 Å². The summed E-state index contributed by atoms with van der Waals surface area (Å²) in [5.74, 6) is 0.744. The molecule has 1 aliphatic carbocycles. The number of pyridine rings is 1. The monoisotopic (exact) mass is 531 g/mol. The molecule has 0 aliphatic heterocycles. The first kappa shape index (κ1) is 26.0. The Morgan fingerprint density at radius 3 is 2.39 bits per heavy atom. The summed E-state index contributed by atoms with van der Waals surface area (Å²) in [4.78, 5) is 17.8. The van der Waals surface area contributed by atoms with E-state index in [9.17, 15) is 13.2 Å². The minimum Gasteiger partial charge on any atom is -0.437 e. The number of amides is 1. The van der Waals surface area contributed by atoms with E-state index in [2.05, 4.69) is 18.3 Å². The molecule has 2 aromatic heterocycles. The number of carbonyl (C=O) groups is 1. The van der Waals surface area contributed by atoms with Crippen molar-refractivity contribution >= 4 is 32.8 Å². The number of sulfonamides is 1. The van der Waals surface area contributed by atoms with Crippen molar-refractivity contribution in [2.45, 2.75) is 45.4 Å². The zero-order valence-corrected chi connectivity index (χ0v) is 23.1. The molecule has 4 aromatic rings. The number of furan rings is 1. The summed E-state index contributed by atoms with van der Waals surface area (Å²) in [6.45, 7) is 4.36. The number of carbonyl (C=O) groups excluding carboxylic acids is 1. The maximum Gasteiger partial charge on any atom is 0.255 e. The zero-order chi connectivity index (χ0) is 27.0. The first-order valence-electron chi connectivity index (χ1n) is 13.0. The van der Waals surface area contributed by atoms with E-state index in [1.165, 1.54) is 16.1 Å². The fourth-order valence-electron chi connectivity index (χ4n) is 4.98. The molecule has 0 saturated heterocycles. The number of aromatic nitrogens is 1. The Kier molecular flexibility index (Phi) is 7.01. The second-order valence-electron chi connectivity index (χ2n) is 9.99. The maximum atomic E-state index is 13.1. The summed E-state index contributed by atoms with van der Waals surface area (Å²) in [7, 11) is -2.05. The van der Waals surface area contributed by atoms with Crippen LogP contribution in [0.2, 0.25) is 0 Å². The molecule has 0 radical (unpaired) electrons. The summed E-state index contributed by atoms with van der Waals surface area (Å²) < 4.78 is 33.8. The van der Waals surface area contributed by atoms with E-state index in [1.54, 1.807) is 7.05 Å². The van der Waals surface area contributed by atoms with Gasteiger partial charge in [0.25, 0.3) is 5.91 Å². The fourth-order valence-corrected chi connectivity index (χ4v) is 5.86. The molecule has 2 aromatic carbocycles. The summed E-state index contributed by atoms with van der Waals surface area (Å²) in [5.41, 5.74) is 5.69. The van der Waals surface area contributed by atoms with Crippen LogP contribution in [0.3, 0.4) is 0 Å². The van der Waals surface area contributed by atoms with Gasteiger partial charge in [-0.15, -0.1) is 0 Å². The van der Waals surface area contributed by atoms with Crippen molar-refractivity contribution in [3.05, 3.63) is 82.4 Å². The average molecular weight is 532 g/mol. The molecular weight excluding hydrogens is 498 g/mol. The largest absolute Gasteiger partial charge is 0.437 e. The highest BCUT2D eigenvalue weighted by atomic mass is 32.2. The van der Waals surface area contributed by atoms with E-state index >= 15 is 0 Å². The van der Waals surface area contributed by atoms with Gasteiger partial charge in [0, 0.05) is 19.2 Å². The molecule has 5 rings (SSSR count).